The normalized spacial score (nSPS) is 12.6. The van der Waals surface area contributed by atoms with E-state index in [4.69, 9.17) is 4.74 Å². The molecule has 0 aliphatic heterocycles. The Hall–Kier alpha value is -3.75. The lowest BCUT2D eigenvalue weighted by Gasteiger charge is -2.22. The van der Waals surface area contributed by atoms with E-state index < -0.39 is 46.5 Å². The summed E-state index contributed by atoms with van der Waals surface area (Å²) in [6.07, 6.45) is 1.44. The van der Waals surface area contributed by atoms with Gasteiger partial charge in [-0.25, -0.2) is 8.42 Å². The van der Waals surface area contributed by atoms with Gasteiger partial charge < -0.3 is 10.1 Å². The van der Waals surface area contributed by atoms with Crippen LogP contribution in [-0.4, -0.2) is 32.9 Å². The molecule has 0 bridgehead atoms. The Kier molecular flexibility index (Phi) is 9.55. The first-order chi connectivity index (χ1) is 17.2. The van der Waals surface area contributed by atoms with Gasteiger partial charge in [-0.2, -0.15) is 4.72 Å². The van der Waals surface area contributed by atoms with Gasteiger partial charge in [0.25, 0.3) is 5.91 Å². The third-order valence-electron chi connectivity index (χ3n) is 5.37. The van der Waals surface area contributed by atoms with Crippen molar-refractivity contribution in [3.8, 4) is 0 Å². The number of hydrogen-bond donors (Lipinski definition) is 2. The molecule has 36 heavy (non-hydrogen) atoms. The molecular formula is C28H30N2O5S. The highest BCUT2D eigenvalue weighted by Crippen LogP contribution is 2.21. The van der Waals surface area contributed by atoms with E-state index in [2.05, 4.69) is 10.0 Å². The van der Waals surface area contributed by atoms with Crippen molar-refractivity contribution >= 4 is 28.0 Å². The SMILES string of the molecule is CC(C)C(NS(=O)(=O)/C=C/c1ccccc1)C(=O)OCC(=O)NC(c1ccccc1)c1ccccc1. The Balaban J connectivity index is 1.63. The van der Waals surface area contributed by atoms with Crippen LogP contribution < -0.4 is 10.0 Å². The molecule has 0 spiro atoms. The predicted molar refractivity (Wildman–Crippen MR) is 140 cm³/mol. The van der Waals surface area contributed by atoms with E-state index in [1.165, 1.54) is 6.08 Å². The van der Waals surface area contributed by atoms with Crippen LogP contribution in [0.3, 0.4) is 0 Å². The molecule has 0 aliphatic carbocycles. The summed E-state index contributed by atoms with van der Waals surface area (Å²) in [6, 6.07) is 26.2. The third-order valence-corrected chi connectivity index (χ3v) is 6.44. The van der Waals surface area contributed by atoms with Crippen molar-refractivity contribution in [2.45, 2.75) is 25.9 Å². The summed E-state index contributed by atoms with van der Waals surface area (Å²) < 4.78 is 32.6. The Bertz CT molecular complexity index is 1220. The minimum Gasteiger partial charge on any atom is -0.454 e. The lowest BCUT2D eigenvalue weighted by atomic mass is 9.99. The summed E-state index contributed by atoms with van der Waals surface area (Å²) in [5.74, 6) is -1.73. The molecule has 3 aromatic carbocycles. The lowest BCUT2D eigenvalue weighted by molar-refractivity contribution is -0.151. The first kappa shape index (κ1) is 26.8. The molecule has 0 fully saturated rings. The number of carbonyl (C=O) groups excluding carboxylic acids is 2. The zero-order chi connectivity index (χ0) is 26.0. The number of nitrogens with one attached hydrogen (secondary N) is 2. The summed E-state index contributed by atoms with van der Waals surface area (Å²) >= 11 is 0. The van der Waals surface area contributed by atoms with E-state index in [-0.39, 0.29) is 0 Å². The van der Waals surface area contributed by atoms with Crippen molar-refractivity contribution in [2.75, 3.05) is 6.61 Å². The van der Waals surface area contributed by atoms with Gasteiger partial charge in [0.15, 0.2) is 6.61 Å². The topological polar surface area (TPSA) is 102 Å². The molecule has 2 N–H and O–H groups in total. The molecule has 7 nitrogen and oxygen atoms in total. The van der Waals surface area contributed by atoms with Crippen LogP contribution in [-0.2, 0) is 24.3 Å². The minimum absolute atomic E-state index is 0.401. The molecule has 188 valence electrons. The standard InChI is InChI=1S/C28H30N2O5S/c1-21(2)26(30-36(33,34)19-18-22-12-6-3-7-13-22)28(32)35-20-25(31)29-27(23-14-8-4-9-15-23)24-16-10-5-11-17-24/h3-19,21,26-27,30H,20H2,1-2H3,(H,29,31)/b19-18+. The smallest absolute Gasteiger partial charge is 0.324 e. The highest BCUT2D eigenvalue weighted by atomic mass is 32.2. The molecule has 0 aromatic heterocycles. The van der Waals surface area contributed by atoms with Crippen LogP contribution in [0.2, 0.25) is 0 Å². The van der Waals surface area contributed by atoms with Gasteiger partial charge in [-0.1, -0.05) is 105 Å². The first-order valence-electron chi connectivity index (χ1n) is 11.6. The molecule has 0 heterocycles. The maximum atomic E-state index is 12.7. The second kappa shape index (κ2) is 12.8. The van der Waals surface area contributed by atoms with E-state index in [0.29, 0.717) is 5.56 Å². The van der Waals surface area contributed by atoms with E-state index >= 15 is 0 Å². The van der Waals surface area contributed by atoms with Gasteiger partial charge in [0.05, 0.1) is 6.04 Å². The summed E-state index contributed by atoms with van der Waals surface area (Å²) in [7, 11) is -3.93. The molecule has 0 saturated heterocycles. The molecule has 8 heteroatoms. The van der Waals surface area contributed by atoms with Crippen molar-refractivity contribution in [1.29, 1.82) is 0 Å². The molecule has 0 radical (unpaired) electrons. The fourth-order valence-corrected chi connectivity index (χ4v) is 4.62. The maximum absolute atomic E-state index is 12.7. The van der Waals surface area contributed by atoms with Crippen LogP contribution in [0.4, 0.5) is 0 Å². The number of esters is 1. The molecule has 0 saturated carbocycles. The van der Waals surface area contributed by atoms with Gasteiger partial charge in [0.2, 0.25) is 10.0 Å². The predicted octanol–water partition coefficient (Wildman–Crippen LogP) is 4.05. The highest BCUT2D eigenvalue weighted by Gasteiger charge is 2.28. The molecule has 1 unspecified atom stereocenters. The summed E-state index contributed by atoms with van der Waals surface area (Å²) in [6.45, 7) is 2.84. The maximum Gasteiger partial charge on any atom is 0.324 e. The fraction of sp³-hybridized carbons (Fsp3) is 0.214. The fourth-order valence-electron chi connectivity index (χ4n) is 3.48. The Morgan fingerprint density at radius 3 is 1.83 bits per heavy atom. The monoisotopic (exact) mass is 506 g/mol. The number of amides is 1. The van der Waals surface area contributed by atoms with Crippen LogP contribution in [0, 0.1) is 5.92 Å². The third kappa shape index (κ3) is 8.18. The second-order valence-electron chi connectivity index (χ2n) is 8.53. The number of ether oxygens (including phenoxy) is 1. The Morgan fingerprint density at radius 2 is 1.33 bits per heavy atom. The number of benzene rings is 3. The van der Waals surface area contributed by atoms with Crippen molar-refractivity contribution in [3.63, 3.8) is 0 Å². The van der Waals surface area contributed by atoms with E-state index in [9.17, 15) is 18.0 Å². The highest BCUT2D eigenvalue weighted by molar-refractivity contribution is 7.92. The van der Waals surface area contributed by atoms with Crippen LogP contribution >= 0.6 is 0 Å². The quantitative estimate of drug-likeness (QED) is 0.382. The molecule has 1 atom stereocenters. The summed E-state index contributed by atoms with van der Waals surface area (Å²) in [4.78, 5) is 25.4. The zero-order valence-corrected chi connectivity index (χ0v) is 21.0. The van der Waals surface area contributed by atoms with Crippen LogP contribution in [0.1, 0.15) is 36.6 Å². The van der Waals surface area contributed by atoms with E-state index in [1.807, 2.05) is 66.7 Å². The van der Waals surface area contributed by atoms with E-state index in [0.717, 1.165) is 16.5 Å². The average Bonchev–Trinajstić information content (AvgIpc) is 2.89. The zero-order valence-electron chi connectivity index (χ0n) is 20.2. The molecular weight excluding hydrogens is 476 g/mol. The molecule has 0 aliphatic rings. The van der Waals surface area contributed by atoms with Crippen molar-refractivity contribution in [1.82, 2.24) is 10.0 Å². The number of sulfonamides is 1. The van der Waals surface area contributed by atoms with Crippen molar-refractivity contribution in [2.24, 2.45) is 5.92 Å². The van der Waals surface area contributed by atoms with E-state index in [1.54, 1.807) is 38.1 Å². The number of carbonyl (C=O) groups is 2. The van der Waals surface area contributed by atoms with Gasteiger partial charge in [-0.15, -0.1) is 0 Å². The van der Waals surface area contributed by atoms with Crippen molar-refractivity contribution < 1.29 is 22.7 Å². The van der Waals surface area contributed by atoms with Gasteiger partial charge in [0, 0.05) is 5.41 Å². The van der Waals surface area contributed by atoms with Crippen LogP contribution in [0.5, 0.6) is 0 Å². The van der Waals surface area contributed by atoms with Crippen molar-refractivity contribution in [3.05, 3.63) is 113 Å². The minimum atomic E-state index is -3.93. The van der Waals surface area contributed by atoms with Gasteiger partial charge in [0.1, 0.15) is 6.04 Å². The van der Waals surface area contributed by atoms with Gasteiger partial charge in [-0.05, 0) is 28.7 Å². The Labute approximate surface area is 212 Å². The molecule has 3 rings (SSSR count). The number of hydrogen-bond acceptors (Lipinski definition) is 5. The largest absolute Gasteiger partial charge is 0.454 e. The van der Waals surface area contributed by atoms with Crippen LogP contribution in [0.15, 0.2) is 96.4 Å². The second-order valence-corrected chi connectivity index (χ2v) is 10.1. The summed E-state index contributed by atoms with van der Waals surface area (Å²) in [5.41, 5.74) is 2.46. The number of rotatable bonds is 11. The Morgan fingerprint density at radius 1 is 0.833 bits per heavy atom. The first-order valence-corrected chi connectivity index (χ1v) is 13.1. The van der Waals surface area contributed by atoms with Gasteiger partial charge in [-0.3, -0.25) is 9.59 Å². The molecule has 3 aromatic rings. The molecule has 1 amide bonds. The van der Waals surface area contributed by atoms with Gasteiger partial charge >= 0.3 is 5.97 Å². The van der Waals surface area contributed by atoms with Crippen LogP contribution in [0.25, 0.3) is 6.08 Å². The lowest BCUT2D eigenvalue weighted by Crippen LogP contribution is -2.45. The summed E-state index contributed by atoms with van der Waals surface area (Å²) in [5, 5.41) is 3.90. The average molecular weight is 507 g/mol.